The summed E-state index contributed by atoms with van der Waals surface area (Å²) in [7, 11) is -3.96. The van der Waals surface area contributed by atoms with E-state index in [-0.39, 0.29) is 23.0 Å². The van der Waals surface area contributed by atoms with Gasteiger partial charge in [-0.25, -0.2) is 17.5 Å². The number of sulfonamides is 1. The number of hydrogen-bond acceptors (Lipinski definition) is 4. The summed E-state index contributed by atoms with van der Waals surface area (Å²) in [6.07, 6.45) is 0.439. The highest BCUT2D eigenvalue weighted by molar-refractivity contribution is 7.89. The first-order valence-corrected chi connectivity index (χ1v) is 7.79. The predicted octanol–water partition coefficient (Wildman–Crippen LogP) is 1.48. The molecule has 0 aliphatic heterocycles. The summed E-state index contributed by atoms with van der Waals surface area (Å²) < 4.78 is 39.5. The maximum absolute atomic E-state index is 13.1. The summed E-state index contributed by atoms with van der Waals surface area (Å²) in [6.45, 7) is 5.23. The first-order chi connectivity index (χ1) is 9.03. The summed E-state index contributed by atoms with van der Waals surface area (Å²) in [5.74, 6) is -0.470. The summed E-state index contributed by atoms with van der Waals surface area (Å²) in [4.78, 5) is -0.321. The standard InChI is InChI=1S/C13H21FN2O3S/c1-9(2)7-13(3,17)8-16-20(18,19)12-6-10(14)4-5-11(12)15/h4-6,9,16-17H,7-8,15H2,1-3H3. The topological polar surface area (TPSA) is 92.4 Å². The van der Waals surface area contributed by atoms with E-state index in [0.717, 1.165) is 12.1 Å². The molecule has 4 N–H and O–H groups in total. The second-order valence-electron chi connectivity index (χ2n) is 5.60. The normalized spacial score (nSPS) is 15.3. The van der Waals surface area contributed by atoms with Gasteiger partial charge in [-0.2, -0.15) is 0 Å². The van der Waals surface area contributed by atoms with Gasteiger partial charge in [0.25, 0.3) is 0 Å². The quantitative estimate of drug-likeness (QED) is 0.694. The molecule has 0 saturated carbocycles. The lowest BCUT2D eigenvalue weighted by Crippen LogP contribution is -2.41. The van der Waals surface area contributed by atoms with Crippen LogP contribution in [0.4, 0.5) is 10.1 Å². The summed E-state index contributed by atoms with van der Waals surface area (Å²) in [5.41, 5.74) is 4.33. The van der Waals surface area contributed by atoms with Gasteiger partial charge in [-0.15, -0.1) is 0 Å². The van der Waals surface area contributed by atoms with Crippen molar-refractivity contribution >= 4 is 15.7 Å². The zero-order valence-electron chi connectivity index (χ0n) is 11.9. The van der Waals surface area contributed by atoms with Crippen molar-refractivity contribution in [1.29, 1.82) is 0 Å². The van der Waals surface area contributed by atoms with Crippen LogP contribution in [0.25, 0.3) is 0 Å². The Hall–Kier alpha value is -1.18. The highest BCUT2D eigenvalue weighted by Crippen LogP contribution is 2.21. The van der Waals surface area contributed by atoms with E-state index in [1.54, 1.807) is 6.92 Å². The van der Waals surface area contributed by atoms with E-state index < -0.39 is 21.4 Å². The average molecular weight is 304 g/mol. The molecule has 1 rings (SSSR count). The van der Waals surface area contributed by atoms with E-state index in [1.165, 1.54) is 6.07 Å². The van der Waals surface area contributed by atoms with Gasteiger partial charge in [-0.05, 0) is 37.5 Å². The molecular weight excluding hydrogens is 283 g/mol. The highest BCUT2D eigenvalue weighted by Gasteiger charge is 2.26. The molecule has 0 amide bonds. The second kappa shape index (κ2) is 6.07. The van der Waals surface area contributed by atoms with Gasteiger partial charge in [0.15, 0.2) is 0 Å². The number of hydrogen-bond donors (Lipinski definition) is 3. The van der Waals surface area contributed by atoms with Crippen LogP contribution < -0.4 is 10.5 Å². The zero-order chi connectivity index (χ0) is 15.6. The van der Waals surface area contributed by atoms with Crippen LogP contribution >= 0.6 is 0 Å². The van der Waals surface area contributed by atoms with Gasteiger partial charge in [-0.1, -0.05) is 13.8 Å². The van der Waals surface area contributed by atoms with Crippen molar-refractivity contribution in [2.24, 2.45) is 5.92 Å². The van der Waals surface area contributed by atoms with Crippen LogP contribution in [0.2, 0.25) is 0 Å². The van der Waals surface area contributed by atoms with E-state index >= 15 is 0 Å². The van der Waals surface area contributed by atoms with Gasteiger partial charge >= 0.3 is 0 Å². The molecule has 20 heavy (non-hydrogen) atoms. The lowest BCUT2D eigenvalue weighted by atomic mass is 9.95. The third kappa shape index (κ3) is 4.73. The molecule has 1 atom stereocenters. The van der Waals surface area contributed by atoms with Crippen molar-refractivity contribution < 1.29 is 17.9 Å². The molecular formula is C13H21FN2O3S. The smallest absolute Gasteiger partial charge is 0.242 e. The van der Waals surface area contributed by atoms with Crippen molar-refractivity contribution in [2.75, 3.05) is 12.3 Å². The van der Waals surface area contributed by atoms with Crippen LogP contribution in [0, 0.1) is 11.7 Å². The molecule has 0 heterocycles. The zero-order valence-corrected chi connectivity index (χ0v) is 12.7. The Kier molecular flexibility index (Phi) is 5.12. The van der Waals surface area contributed by atoms with E-state index in [4.69, 9.17) is 5.73 Å². The van der Waals surface area contributed by atoms with Gasteiger partial charge in [0.2, 0.25) is 10.0 Å². The molecule has 1 aromatic carbocycles. The molecule has 7 heteroatoms. The number of halogens is 1. The molecule has 0 radical (unpaired) electrons. The lowest BCUT2D eigenvalue weighted by Gasteiger charge is -2.25. The molecule has 0 spiro atoms. The maximum Gasteiger partial charge on any atom is 0.242 e. The molecule has 0 aromatic heterocycles. The maximum atomic E-state index is 13.1. The van der Waals surface area contributed by atoms with Crippen molar-refractivity contribution in [3.8, 4) is 0 Å². The second-order valence-corrected chi connectivity index (χ2v) is 7.34. The fourth-order valence-corrected chi connectivity index (χ4v) is 3.32. The third-order valence-electron chi connectivity index (χ3n) is 2.76. The Morgan fingerprint density at radius 3 is 2.60 bits per heavy atom. The van der Waals surface area contributed by atoms with Gasteiger partial charge in [0.05, 0.1) is 11.3 Å². The van der Waals surface area contributed by atoms with Crippen molar-refractivity contribution in [1.82, 2.24) is 4.72 Å². The molecule has 0 aliphatic rings. The Bertz CT molecular complexity index is 571. The Labute approximate surface area is 119 Å². The fraction of sp³-hybridized carbons (Fsp3) is 0.538. The van der Waals surface area contributed by atoms with E-state index in [0.29, 0.717) is 6.42 Å². The van der Waals surface area contributed by atoms with Crippen LogP contribution in [0.15, 0.2) is 23.1 Å². The van der Waals surface area contributed by atoms with Crippen LogP contribution in [0.5, 0.6) is 0 Å². The van der Waals surface area contributed by atoms with Crippen LogP contribution in [-0.2, 0) is 10.0 Å². The minimum absolute atomic E-state index is 0.0394. The van der Waals surface area contributed by atoms with Crippen molar-refractivity contribution in [3.05, 3.63) is 24.0 Å². The van der Waals surface area contributed by atoms with E-state index in [2.05, 4.69) is 4.72 Å². The first-order valence-electron chi connectivity index (χ1n) is 6.30. The number of nitrogens with one attached hydrogen (secondary N) is 1. The van der Waals surface area contributed by atoms with Crippen LogP contribution in [0.1, 0.15) is 27.2 Å². The lowest BCUT2D eigenvalue weighted by molar-refractivity contribution is 0.0437. The Morgan fingerprint density at radius 2 is 2.05 bits per heavy atom. The molecule has 0 bridgehead atoms. The van der Waals surface area contributed by atoms with E-state index in [1.807, 2.05) is 13.8 Å². The summed E-state index contributed by atoms with van der Waals surface area (Å²) >= 11 is 0. The minimum atomic E-state index is -3.96. The average Bonchev–Trinajstić information content (AvgIpc) is 2.28. The molecule has 0 saturated heterocycles. The number of nitrogen functional groups attached to an aromatic ring is 1. The molecule has 1 unspecified atom stereocenters. The number of anilines is 1. The predicted molar refractivity (Wildman–Crippen MR) is 76.1 cm³/mol. The summed E-state index contributed by atoms with van der Waals surface area (Å²) in [5, 5.41) is 10.1. The van der Waals surface area contributed by atoms with E-state index in [9.17, 15) is 17.9 Å². The van der Waals surface area contributed by atoms with Crippen LogP contribution in [0.3, 0.4) is 0 Å². The van der Waals surface area contributed by atoms with Crippen LogP contribution in [-0.4, -0.2) is 25.7 Å². The minimum Gasteiger partial charge on any atom is -0.398 e. The molecule has 5 nitrogen and oxygen atoms in total. The Balaban J connectivity index is 2.88. The van der Waals surface area contributed by atoms with Crippen molar-refractivity contribution in [2.45, 2.75) is 37.7 Å². The monoisotopic (exact) mass is 304 g/mol. The Morgan fingerprint density at radius 1 is 1.45 bits per heavy atom. The van der Waals surface area contributed by atoms with Gasteiger partial charge in [-0.3, -0.25) is 0 Å². The van der Waals surface area contributed by atoms with Gasteiger partial charge in [0.1, 0.15) is 10.7 Å². The number of nitrogens with two attached hydrogens (primary N) is 1. The molecule has 1 aromatic rings. The molecule has 0 aliphatic carbocycles. The number of rotatable bonds is 6. The van der Waals surface area contributed by atoms with Gasteiger partial charge < -0.3 is 10.8 Å². The number of benzene rings is 1. The molecule has 114 valence electrons. The first kappa shape index (κ1) is 16.9. The third-order valence-corrected chi connectivity index (χ3v) is 4.21. The SMILES string of the molecule is CC(C)CC(C)(O)CNS(=O)(=O)c1cc(F)ccc1N. The largest absolute Gasteiger partial charge is 0.398 e. The summed E-state index contributed by atoms with van der Waals surface area (Å²) in [6, 6.07) is 3.13. The van der Waals surface area contributed by atoms with Crippen molar-refractivity contribution in [3.63, 3.8) is 0 Å². The molecule has 0 fully saturated rings. The number of aliphatic hydroxyl groups is 1. The highest BCUT2D eigenvalue weighted by atomic mass is 32.2. The fourth-order valence-electron chi connectivity index (χ4n) is 2.02. The van der Waals surface area contributed by atoms with Gasteiger partial charge in [0, 0.05) is 6.54 Å².